The molecule has 0 saturated heterocycles. The second kappa shape index (κ2) is 6.50. The van der Waals surface area contributed by atoms with Gasteiger partial charge in [0.1, 0.15) is 10.0 Å². The number of nitrogens with one attached hydrogen (secondary N) is 2. The molecule has 24 heavy (non-hydrogen) atoms. The monoisotopic (exact) mass is 369 g/mol. The Morgan fingerprint density at radius 1 is 1.33 bits per heavy atom. The van der Waals surface area contributed by atoms with Crippen LogP contribution in [0.25, 0.3) is 0 Å². The molecule has 6 nitrogen and oxygen atoms in total. The van der Waals surface area contributed by atoms with E-state index in [1.54, 1.807) is 12.1 Å². The SMILES string of the molecule is NS(=O)(=O)c1ccc(CNC(=O)N[C@H]2C[C@@H]2c2cccc(F)c2)s1. The average molecular weight is 369 g/mol. The van der Waals surface area contributed by atoms with Crippen molar-refractivity contribution in [3.8, 4) is 0 Å². The van der Waals surface area contributed by atoms with Crippen molar-refractivity contribution in [3.05, 3.63) is 52.7 Å². The van der Waals surface area contributed by atoms with Gasteiger partial charge in [-0.25, -0.2) is 22.7 Å². The fraction of sp³-hybridized carbons (Fsp3) is 0.267. The number of amides is 2. The molecule has 9 heteroatoms. The van der Waals surface area contributed by atoms with Crippen molar-refractivity contribution < 1.29 is 17.6 Å². The van der Waals surface area contributed by atoms with Crippen molar-refractivity contribution in [2.24, 2.45) is 5.14 Å². The molecule has 0 unspecified atom stereocenters. The number of sulfonamides is 1. The zero-order chi connectivity index (χ0) is 17.3. The molecule has 1 saturated carbocycles. The minimum atomic E-state index is -3.71. The van der Waals surface area contributed by atoms with Crippen molar-refractivity contribution >= 4 is 27.4 Å². The van der Waals surface area contributed by atoms with E-state index in [9.17, 15) is 17.6 Å². The van der Waals surface area contributed by atoms with Gasteiger partial charge in [-0.3, -0.25) is 0 Å². The van der Waals surface area contributed by atoms with Crippen LogP contribution in [0.15, 0.2) is 40.6 Å². The summed E-state index contributed by atoms with van der Waals surface area (Å²) in [4.78, 5) is 12.6. The molecule has 1 aliphatic rings. The number of thiophene rings is 1. The van der Waals surface area contributed by atoms with Gasteiger partial charge in [0.2, 0.25) is 10.0 Å². The molecule has 2 aromatic rings. The number of nitrogens with two attached hydrogens (primary N) is 1. The van der Waals surface area contributed by atoms with Gasteiger partial charge in [0.05, 0.1) is 6.54 Å². The van der Waals surface area contributed by atoms with Crippen molar-refractivity contribution in [1.29, 1.82) is 0 Å². The van der Waals surface area contributed by atoms with Crippen LogP contribution in [-0.4, -0.2) is 20.5 Å². The van der Waals surface area contributed by atoms with Gasteiger partial charge in [0.15, 0.2) is 0 Å². The molecule has 2 atom stereocenters. The Bertz CT molecular complexity index is 866. The van der Waals surface area contributed by atoms with Crippen LogP contribution < -0.4 is 15.8 Å². The Hall–Kier alpha value is -1.97. The van der Waals surface area contributed by atoms with E-state index in [2.05, 4.69) is 10.6 Å². The van der Waals surface area contributed by atoms with Gasteiger partial charge in [0.25, 0.3) is 0 Å². The molecule has 1 aliphatic carbocycles. The van der Waals surface area contributed by atoms with Crippen molar-refractivity contribution in [3.63, 3.8) is 0 Å². The largest absolute Gasteiger partial charge is 0.335 e. The maximum absolute atomic E-state index is 13.2. The summed E-state index contributed by atoms with van der Waals surface area (Å²) >= 11 is 1.02. The molecule has 1 aromatic heterocycles. The number of urea groups is 1. The summed E-state index contributed by atoms with van der Waals surface area (Å²) in [6.07, 6.45) is 0.769. The van der Waals surface area contributed by atoms with Crippen molar-refractivity contribution in [1.82, 2.24) is 10.6 Å². The van der Waals surface area contributed by atoms with Crippen LogP contribution in [0.1, 0.15) is 22.8 Å². The lowest BCUT2D eigenvalue weighted by atomic mass is 10.1. The number of benzene rings is 1. The van der Waals surface area contributed by atoms with Gasteiger partial charge in [-0.1, -0.05) is 12.1 Å². The van der Waals surface area contributed by atoms with Gasteiger partial charge in [-0.2, -0.15) is 0 Å². The van der Waals surface area contributed by atoms with E-state index in [4.69, 9.17) is 5.14 Å². The molecule has 1 fully saturated rings. The van der Waals surface area contributed by atoms with Gasteiger partial charge in [-0.05, 0) is 36.2 Å². The Balaban J connectivity index is 1.48. The van der Waals surface area contributed by atoms with Gasteiger partial charge in [0, 0.05) is 16.8 Å². The number of carbonyl (C=O) groups excluding carboxylic acids is 1. The topological polar surface area (TPSA) is 101 Å². The number of hydrogen-bond donors (Lipinski definition) is 3. The van der Waals surface area contributed by atoms with Crippen LogP contribution in [-0.2, 0) is 16.6 Å². The van der Waals surface area contributed by atoms with Crippen LogP contribution >= 0.6 is 11.3 Å². The predicted molar refractivity (Wildman–Crippen MR) is 88.6 cm³/mol. The summed E-state index contributed by atoms with van der Waals surface area (Å²) in [5.74, 6) is -0.159. The molecule has 0 spiro atoms. The third-order valence-corrected chi connectivity index (χ3v) is 6.25. The first kappa shape index (κ1) is 16.9. The first-order valence-electron chi connectivity index (χ1n) is 7.24. The first-order chi connectivity index (χ1) is 11.3. The molecular weight excluding hydrogens is 353 g/mol. The number of halogens is 1. The second-order valence-electron chi connectivity index (χ2n) is 5.60. The Labute approximate surface area is 142 Å². The first-order valence-corrected chi connectivity index (χ1v) is 9.60. The molecule has 4 N–H and O–H groups in total. The van der Waals surface area contributed by atoms with E-state index in [0.29, 0.717) is 4.88 Å². The normalized spacial score (nSPS) is 19.8. The summed E-state index contributed by atoms with van der Waals surface area (Å²) in [6, 6.07) is 9.02. The zero-order valence-corrected chi connectivity index (χ0v) is 14.2. The lowest BCUT2D eigenvalue weighted by Gasteiger charge is -2.06. The van der Waals surface area contributed by atoms with E-state index >= 15 is 0 Å². The van der Waals surface area contributed by atoms with Gasteiger partial charge < -0.3 is 10.6 Å². The fourth-order valence-electron chi connectivity index (χ4n) is 2.45. The van der Waals surface area contributed by atoms with E-state index < -0.39 is 10.0 Å². The lowest BCUT2D eigenvalue weighted by molar-refractivity contribution is 0.240. The summed E-state index contributed by atoms with van der Waals surface area (Å²) in [5, 5.41) is 10.5. The van der Waals surface area contributed by atoms with Crippen molar-refractivity contribution in [2.75, 3.05) is 0 Å². The molecule has 1 heterocycles. The minimum Gasteiger partial charge on any atom is -0.335 e. The molecule has 128 valence electrons. The Kier molecular flexibility index (Phi) is 4.57. The van der Waals surface area contributed by atoms with Crippen LogP contribution in [0.3, 0.4) is 0 Å². The van der Waals surface area contributed by atoms with E-state index in [-0.39, 0.29) is 34.6 Å². The summed E-state index contributed by atoms with van der Waals surface area (Å²) in [5.41, 5.74) is 0.872. The van der Waals surface area contributed by atoms with E-state index in [1.165, 1.54) is 18.2 Å². The van der Waals surface area contributed by atoms with Gasteiger partial charge >= 0.3 is 6.03 Å². The number of hydrogen-bond acceptors (Lipinski definition) is 4. The fourth-order valence-corrected chi connectivity index (χ4v) is 4.17. The molecule has 2 amide bonds. The highest BCUT2D eigenvalue weighted by Gasteiger charge is 2.39. The standard InChI is InChI=1S/C15H16FN3O3S2/c16-10-3-1-2-9(6-10)12-7-13(12)19-15(20)18-8-11-4-5-14(23-11)24(17,21)22/h1-6,12-13H,7-8H2,(H2,17,21,22)(H2,18,19,20)/t12-,13+/m1/s1. The Morgan fingerprint density at radius 2 is 2.12 bits per heavy atom. The highest BCUT2D eigenvalue weighted by molar-refractivity contribution is 7.91. The number of rotatable bonds is 5. The van der Waals surface area contributed by atoms with Crippen LogP contribution in [0.2, 0.25) is 0 Å². The third-order valence-electron chi connectivity index (χ3n) is 3.72. The lowest BCUT2D eigenvalue weighted by Crippen LogP contribution is -2.36. The Morgan fingerprint density at radius 3 is 2.79 bits per heavy atom. The highest BCUT2D eigenvalue weighted by Crippen LogP contribution is 2.40. The van der Waals surface area contributed by atoms with E-state index in [0.717, 1.165) is 23.3 Å². The average Bonchev–Trinajstić information content (AvgIpc) is 3.08. The second-order valence-corrected chi connectivity index (χ2v) is 8.55. The molecule has 1 aromatic carbocycles. The number of primary sulfonamides is 1. The van der Waals surface area contributed by atoms with Crippen molar-refractivity contribution in [2.45, 2.75) is 29.1 Å². The smallest absolute Gasteiger partial charge is 0.315 e. The summed E-state index contributed by atoms with van der Waals surface area (Å²) in [6.45, 7) is 0.212. The van der Waals surface area contributed by atoms with Crippen LogP contribution in [0.4, 0.5) is 9.18 Å². The zero-order valence-electron chi connectivity index (χ0n) is 12.5. The maximum Gasteiger partial charge on any atom is 0.315 e. The predicted octanol–water partition coefficient (Wildman–Crippen LogP) is 1.89. The molecule has 3 rings (SSSR count). The maximum atomic E-state index is 13.2. The van der Waals surface area contributed by atoms with Crippen LogP contribution in [0.5, 0.6) is 0 Å². The molecule has 0 aliphatic heterocycles. The number of carbonyl (C=O) groups is 1. The molecular formula is C15H16FN3O3S2. The summed E-state index contributed by atoms with van der Waals surface area (Å²) < 4.78 is 35.6. The minimum absolute atomic E-state index is 0.0184. The third kappa shape index (κ3) is 4.11. The molecule has 0 radical (unpaired) electrons. The van der Waals surface area contributed by atoms with Crippen LogP contribution in [0, 0.1) is 5.82 Å². The molecule has 0 bridgehead atoms. The van der Waals surface area contributed by atoms with Gasteiger partial charge in [-0.15, -0.1) is 11.3 Å². The highest BCUT2D eigenvalue weighted by atomic mass is 32.2. The summed E-state index contributed by atoms with van der Waals surface area (Å²) in [7, 11) is -3.71. The van der Waals surface area contributed by atoms with E-state index in [1.807, 2.05) is 6.07 Å². The quantitative estimate of drug-likeness (QED) is 0.750.